The Morgan fingerprint density at radius 2 is 1.90 bits per heavy atom. The Morgan fingerprint density at radius 3 is 2.45 bits per heavy atom. The smallest absolute Gasteiger partial charge is 0.136 e. The fourth-order valence-electron chi connectivity index (χ4n) is 2.19. The lowest BCUT2D eigenvalue weighted by atomic mass is 10.1. The number of aliphatic hydroxyl groups excluding tert-OH is 2. The van der Waals surface area contributed by atoms with E-state index in [4.69, 9.17) is 5.11 Å². The molecule has 0 aliphatic carbocycles. The van der Waals surface area contributed by atoms with E-state index in [0.717, 1.165) is 22.8 Å². The van der Waals surface area contributed by atoms with Gasteiger partial charge in [0.2, 0.25) is 0 Å². The quantitative estimate of drug-likeness (QED) is 0.691. The number of nitrogens with one attached hydrogen (secondary N) is 1. The number of pyridine rings is 1. The number of aryl methyl sites for hydroxylation is 2. The van der Waals surface area contributed by atoms with E-state index in [1.54, 1.807) is 6.20 Å². The van der Waals surface area contributed by atoms with Crippen LogP contribution in [0.5, 0.6) is 0 Å². The molecule has 0 aromatic carbocycles. The van der Waals surface area contributed by atoms with Crippen molar-refractivity contribution in [1.82, 2.24) is 14.9 Å². The topological polar surface area (TPSA) is 70.3 Å². The third-order valence-electron chi connectivity index (χ3n) is 3.28. The van der Waals surface area contributed by atoms with Crippen LogP contribution in [0, 0.1) is 13.8 Å². The van der Waals surface area contributed by atoms with Crippen molar-refractivity contribution in [2.45, 2.75) is 20.0 Å². The number of hydrogen-bond acceptors (Lipinski definition) is 4. The summed E-state index contributed by atoms with van der Waals surface area (Å²) >= 11 is 0. The molecule has 0 saturated carbocycles. The van der Waals surface area contributed by atoms with Gasteiger partial charge in [0.1, 0.15) is 5.82 Å². The lowest BCUT2D eigenvalue weighted by molar-refractivity contribution is 0.170. The molecule has 0 spiro atoms. The molecule has 2 aromatic rings. The van der Waals surface area contributed by atoms with Crippen LogP contribution in [0.2, 0.25) is 0 Å². The highest BCUT2D eigenvalue weighted by atomic mass is 16.3. The molecule has 2 aromatic heterocycles. The van der Waals surface area contributed by atoms with Gasteiger partial charge in [0.25, 0.3) is 0 Å². The molecule has 20 heavy (non-hydrogen) atoms. The van der Waals surface area contributed by atoms with Gasteiger partial charge in [0.05, 0.1) is 12.7 Å². The third kappa shape index (κ3) is 3.25. The zero-order valence-electron chi connectivity index (χ0n) is 11.9. The van der Waals surface area contributed by atoms with Gasteiger partial charge in [-0.3, -0.25) is 0 Å². The SMILES string of the molecule is Cc1ccc(C)n1-c1ccc(C(O)CNCCO)cn1. The zero-order chi connectivity index (χ0) is 14.5. The summed E-state index contributed by atoms with van der Waals surface area (Å²) in [5.41, 5.74) is 3.03. The Morgan fingerprint density at radius 1 is 1.20 bits per heavy atom. The molecule has 2 heterocycles. The number of nitrogens with zero attached hydrogens (tertiary/aromatic N) is 2. The molecule has 0 aliphatic heterocycles. The van der Waals surface area contributed by atoms with Crippen molar-refractivity contribution in [1.29, 1.82) is 0 Å². The molecule has 3 N–H and O–H groups in total. The Kier molecular flexibility index (Phi) is 4.89. The maximum Gasteiger partial charge on any atom is 0.136 e. The van der Waals surface area contributed by atoms with Crippen molar-refractivity contribution < 1.29 is 10.2 Å². The maximum atomic E-state index is 9.99. The van der Waals surface area contributed by atoms with Gasteiger partial charge in [-0.15, -0.1) is 0 Å². The van der Waals surface area contributed by atoms with Crippen LogP contribution < -0.4 is 5.32 Å². The molecule has 0 amide bonds. The van der Waals surface area contributed by atoms with Crippen molar-refractivity contribution in [3.63, 3.8) is 0 Å². The second-order valence-electron chi connectivity index (χ2n) is 4.84. The second kappa shape index (κ2) is 6.65. The summed E-state index contributed by atoms with van der Waals surface area (Å²) in [6.45, 7) is 5.02. The van der Waals surface area contributed by atoms with Crippen LogP contribution >= 0.6 is 0 Å². The highest BCUT2D eigenvalue weighted by molar-refractivity contribution is 5.33. The first-order valence-corrected chi connectivity index (χ1v) is 6.74. The van der Waals surface area contributed by atoms with E-state index >= 15 is 0 Å². The first-order chi connectivity index (χ1) is 9.63. The van der Waals surface area contributed by atoms with E-state index in [0.29, 0.717) is 13.1 Å². The molecule has 0 fully saturated rings. The van der Waals surface area contributed by atoms with E-state index in [1.165, 1.54) is 0 Å². The van der Waals surface area contributed by atoms with Crippen molar-refractivity contribution >= 4 is 0 Å². The number of rotatable bonds is 6. The average Bonchev–Trinajstić information content (AvgIpc) is 2.78. The van der Waals surface area contributed by atoms with E-state index in [9.17, 15) is 5.11 Å². The van der Waals surface area contributed by atoms with Gasteiger partial charge in [-0.25, -0.2) is 4.98 Å². The molecule has 5 heteroatoms. The van der Waals surface area contributed by atoms with Crippen LogP contribution in [0.3, 0.4) is 0 Å². The maximum absolute atomic E-state index is 9.99. The first kappa shape index (κ1) is 14.7. The Labute approximate surface area is 118 Å². The average molecular weight is 275 g/mol. The Balaban J connectivity index is 2.10. The molecule has 0 aliphatic rings. The van der Waals surface area contributed by atoms with Gasteiger partial charge in [0, 0.05) is 36.2 Å². The summed E-state index contributed by atoms with van der Waals surface area (Å²) in [5, 5.41) is 21.6. The molecular weight excluding hydrogens is 254 g/mol. The molecule has 1 atom stereocenters. The molecule has 108 valence electrons. The van der Waals surface area contributed by atoms with Crippen molar-refractivity contribution in [2.75, 3.05) is 19.7 Å². The Hall–Kier alpha value is -1.69. The van der Waals surface area contributed by atoms with Crippen LogP contribution in [-0.2, 0) is 0 Å². The van der Waals surface area contributed by atoms with Crippen LogP contribution in [0.4, 0.5) is 0 Å². The van der Waals surface area contributed by atoms with Gasteiger partial charge >= 0.3 is 0 Å². The number of aromatic nitrogens is 2. The predicted octanol–water partition coefficient (Wildman–Crippen LogP) is 1.10. The summed E-state index contributed by atoms with van der Waals surface area (Å²) in [5.74, 6) is 0.851. The summed E-state index contributed by atoms with van der Waals surface area (Å²) in [4.78, 5) is 4.42. The first-order valence-electron chi connectivity index (χ1n) is 6.74. The van der Waals surface area contributed by atoms with Crippen LogP contribution in [0.15, 0.2) is 30.5 Å². The molecule has 0 saturated heterocycles. The summed E-state index contributed by atoms with van der Waals surface area (Å²) < 4.78 is 2.07. The largest absolute Gasteiger partial charge is 0.395 e. The molecule has 2 rings (SSSR count). The highest BCUT2D eigenvalue weighted by Gasteiger charge is 2.09. The third-order valence-corrected chi connectivity index (χ3v) is 3.28. The monoisotopic (exact) mass is 275 g/mol. The highest BCUT2D eigenvalue weighted by Crippen LogP contribution is 2.17. The molecule has 5 nitrogen and oxygen atoms in total. The fraction of sp³-hybridized carbons (Fsp3) is 0.400. The standard InChI is InChI=1S/C15H21N3O2/c1-11-3-4-12(2)18(11)15-6-5-13(9-17-15)14(20)10-16-7-8-19/h3-6,9,14,16,19-20H,7-8,10H2,1-2H3. The van der Waals surface area contributed by atoms with Gasteiger partial charge < -0.3 is 20.1 Å². The molecule has 0 bridgehead atoms. The van der Waals surface area contributed by atoms with Gasteiger partial charge in [-0.05, 0) is 32.0 Å². The summed E-state index contributed by atoms with van der Waals surface area (Å²) in [6.07, 6.45) is 1.08. The fourth-order valence-corrected chi connectivity index (χ4v) is 2.19. The van der Waals surface area contributed by atoms with Gasteiger partial charge in [0.15, 0.2) is 0 Å². The van der Waals surface area contributed by atoms with E-state index in [-0.39, 0.29) is 6.61 Å². The minimum absolute atomic E-state index is 0.0656. The molecule has 0 radical (unpaired) electrons. The normalized spacial score (nSPS) is 12.6. The van der Waals surface area contributed by atoms with Crippen LogP contribution in [0.1, 0.15) is 23.1 Å². The van der Waals surface area contributed by atoms with E-state index in [1.807, 2.05) is 26.0 Å². The Bertz CT molecular complexity index is 529. The molecular formula is C15H21N3O2. The minimum Gasteiger partial charge on any atom is -0.395 e. The molecule has 1 unspecified atom stereocenters. The minimum atomic E-state index is -0.616. The van der Waals surface area contributed by atoms with Gasteiger partial charge in [-0.1, -0.05) is 6.07 Å². The summed E-state index contributed by atoms with van der Waals surface area (Å²) in [7, 11) is 0. The van der Waals surface area contributed by atoms with E-state index < -0.39 is 6.10 Å². The summed E-state index contributed by atoms with van der Waals surface area (Å²) in [6, 6.07) is 7.90. The van der Waals surface area contributed by atoms with Crippen molar-refractivity contribution in [2.24, 2.45) is 0 Å². The number of aliphatic hydroxyl groups is 2. The van der Waals surface area contributed by atoms with Crippen LogP contribution in [-0.4, -0.2) is 39.5 Å². The van der Waals surface area contributed by atoms with Crippen molar-refractivity contribution in [3.8, 4) is 5.82 Å². The predicted molar refractivity (Wildman–Crippen MR) is 78.0 cm³/mol. The van der Waals surface area contributed by atoms with Crippen molar-refractivity contribution in [3.05, 3.63) is 47.4 Å². The van der Waals surface area contributed by atoms with E-state index in [2.05, 4.69) is 27.0 Å². The van der Waals surface area contributed by atoms with Gasteiger partial charge in [-0.2, -0.15) is 0 Å². The van der Waals surface area contributed by atoms with Crippen LogP contribution in [0.25, 0.3) is 5.82 Å². The lowest BCUT2D eigenvalue weighted by Crippen LogP contribution is -2.24. The zero-order valence-corrected chi connectivity index (χ0v) is 11.9. The lowest BCUT2D eigenvalue weighted by Gasteiger charge is -2.13. The number of hydrogen-bond donors (Lipinski definition) is 3. The second-order valence-corrected chi connectivity index (χ2v) is 4.84.